The first kappa shape index (κ1) is 22.7. The molecule has 1 aromatic heterocycles. The molecule has 0 aliphatic carbocycles. The summed E-state index contributed by atoms with van der Waals surface area (Å²) < 4.78 is 6.21. The van der Waals surface area contributed by atoms with Gasteiger partial charge in [0.05, 0.1) is 5.36 Å². The lowest BCUT2D eigenvalue weighted by atomic mass is 10.1. The van der Waals surface area contributed by atoms with Crippen LogP contribution in [0.3, 0.4) is 0 Å². The fraction of sp³-hybridized carbons (Fsp3) is 0.269. The second-order valence-corrected chi connectivity index (χ2v) is 9.71. The molecule has 174 valence electrons. The van der Waals surface area contributed by atoms with Crippen molar-refractivity contribution < 1.29 is 9.21 Å². The Hall–Kier alpha value is -3.03. The Morgan fingerprint density at radius 3 is 2.82 bits per heavy atom. The van der Waals surface area contributed by atoms with Crippen molar-refractivity contribution in [1.82, 2.24) is 10.3 Å². The standard InChI is InChI=1S/C26H25ClN4O2S/c1-2-3-4-7-15-34-26-29-25(32)23-19-11-5-6-12-20(19)28-24(31(23)30-26)22-14-13-21(33-22)17-9-8-10-18(27)16-17/h5-6,8-14,16,24H,2-4,7,15H2,1H3,(H,29,30,32). The maximum atomic E-state index is 13.2. The number of nitrogens with one attached hydrogen (secondary N) is 1. The number of thioether (sulfide) groups is 1. The SMILES string of the molecule is CCCCCCSC1=NN2C(=c3ccccc3=NC2c2ccc(-c3cccc(Cl)c3)o2)C(=O)N1. The zero-order valence-electron chi connectivity index (χ0n) is 18.8. The van der Waals surface area contributed by atoms with Gasteiger partial charge in [0.25, 0.3) is 5.91 Å². The highest BCUT2D eigenvalue weighted by Crippen LogP contribution is 2.34. The van der Waals surface area contributed by atoms with E-state index >= 15 is 0 Å². The second-order valence-electron chi connectivity index (χ2n) is 8.19. The van der Waals surface area contributed by atoms with Gasteiger partial charge in [0.1, 0.15) is 11.5 Å². The number of nitrogens with zero attached hydrogens (tertiary/aromatic N) is 3. The number of furan rings is 1. The van der Waals surface area contributed by atoms with Gasteiger partial charge in [-0.1, -0.05) is 79.9 Å². The molecule has 3 heterocycles. The van der Waals surface area contributed by atoms with E-state index in [1.807, 2.05) is 60.7 Å². The minimum atomic E-state index is -0.584. The molecule has 1 amide bonds. The molecule has 2 aliphatic heterocycles. The summed E-state index contributed by atoms with van der Waals surface area (Å²) in [5, 5.41) is 12.2. The maximum absolute atomic E-state index is 13.2. The van der Waals surface area contributed by atoms with Crippen LogP contribution in [-0.4, -0.2) is 21.8 Å². The van der Waals surface area contributed by atoms with Gasteiger partial charge in [0.15, 0.2) is 10.9 Å². The van der Waals surface area contributed by atoms with E-state index in [0.717, 1.165) is 28.3 Å². The molecule has 6 nitrogen and oxygen atoms in total. The van der Waals surface area contributed by atoms with Gasteiger partial charge in [-0.2, -0.15) is 0 Å². The van der Waals surface area contributed by atoms with E-state index in [0.29, 0.717) is 27.4 Å². The molecule has 2 aromatic carbocycles. The Morgan fingerprint density at radius 2 is 1.97 bits per heavy atom. The Labute approximate surface area is 207 Å². The Balaban J connectivity index is 1.50. The number of hydrogen-bond donors (Lipinski definition) is 1. The van der Waals surface area contributed by atoms with Crippen LogP contribution in [0.15, 0.2) is 75.2 Å². The van der Waals surface area contributed by atoms with Crippen molar-refractivity contribution in [3.8, 4) is 11.3 Å². The summed E-state index contributed by atoms with van der Waals surface area (Å²) in [5.41, 5.74) is 1.36. The molecule has 1 atom stereocenters. The molecule has 8 heteroatoms. The normalized spacial score (nSPS) is 16.9. The molecule has 1 N–H and O–H groups in total. The summed E-state index contributed by atoms with van der Waals surface area (Å²) in [5.74, 6) is 2.01. The van der Waals surface area contributed by atoms with Crippen LogP contribution in [0.25, 0.3) is 17.0 Å². The van der Waals surface area contributed by atoms with Crippen molar-refractivity contribution in [1.29, 1.82) is 0 Å². The molecule has 0 spiro atoms. The molecule has 0 saturated heterocycles. The van der Waals surface area contributed by atoms with Gasteiger partial charge < -0.3 is 4.42 Å². The monoisotopic (exact) mass is 492 g/mol. The molecule has 0 radical (unpaired) electrons. The molecule has 0 bridgehead atoms. The van der Waals surface area contributed by atoms with Gasteiger partial charge in [0, 0.05) is 21.6 Å². The summed E-state index contributed by atoms with van der Waals surface area (Å²) in [6.45, 7) is 2.19. The first-order valence-corrected chi connectivity index (χ1v) is 12.9. The van der Waals surface area contributed by atoms with Crippen LogP contribution in [-0.2, 0) is 4.79 Å². The van der Waals surface area contributed by atoms with Crippen LogP contribution < -0.4 is 15.9 Å². The third-order valence-corrected chi connectivity index (χ3v) is 6.93. The fourth-order valence-electron chi connectivity index (χ4n) is 4.06. The van der Waals surface area contributed by atoms with Crippen LogP contribution in [0.2, 0.25) is 5.02 Å². The zero-order chi connectivity index (χ0) is 23.5. The molecule has 1 unspecified atom stereocenters. The quantitative estimate of drug-likeness (QED) is 0.468. The largest absolute Gasteiger partial charge is 0.457 e. The van der Waals surface area contributed by atoms with Crippen molar-refractivity contribution >= 4 is 40.1 Å². The van der Waals surface area contributed by atoms with Gasteiger partial charge >= 0.3 is 0 Å². The number of hydrogen-bond acceptors (Lipinski definition) is 6. The summed E-state index contributed by atoms with van der Waals surface area (Å²) in [6, 6.07) is 18.9. The number of rotatable bonds is 7. The third-order valence-electron chi connectivity index (χ3n) is 5.74. The molecular formula is C26H25ClN4O2S. The summed E-state index contributed by atoms with van der Waals surface area (Å²) in [7, 11) is 0. The van der Waals surface area contributed by atoms with Crippen LogP contribution in [0, 0.1) is 0 Å². The number of benzene rings is 2. The molecule has 0 fully saturated rings. The number of carbonyl (C=O) groups is 1. The Morgan fingerprint density at radius 1 is 1.09 bits per heavy atom. The average Bonchev–Trinajstić information content (AvgIpc) is 3.33. The van der Waals surface area contributed by atoms with Crippen LogP contribution >= 0.6 is 23.4 Å². The van der Waals surface area contributed by atoms with Crippen molar-refractivity contribution in [3.05, 3.63) is 82.0 Å². The lowest BCUT2D eigenvalue weighted by Crippen LogP contribution is -2.50. The van der Waals surface area contributed by atoms with Gasteiger partial charge in [0.2, 0.25) is 6.17 Å². The first-order chi connectivity index (χ1) is 16.6. The van der Waals surface area contributed by atoms with Crippen molar-refractivity contribution in [2.75, 3.05) is 5.75 Å². The fourth-order valence-corrected chi connectivity index (χ4v) is 5.11. The molecule has 5 rings (SSSR count). The Bertz CT molecular complexity index is 1370. The van der Waals surface area contributed by atoms with E-state index in [-0.39, 0.29) is 5.91 Å². The van der Waals surface area contributed by atoms with Crippen molar-refractivity contribution in [3.63, 3.8) is 0 Å². The van der Waals surface area contributed by atoms with E-state index in [1.54, 1.807) is 16.8 Å². The number of para-hydroxylation sites is 1. The van der Waals surface area contributed by atoms with Gasteiger partial charge in [-0.05, 0) is 36.8 Å². The number of carbonyl (C=O) groups excluding carboxylic acids is 1. The summed E-state index contributed by atoms with van der Waals surface area (Å²) >= 11 is 7.73. The minimum Gasteiger partial charge on any atom is -0.457 e. The van der Waals surface area contributed by atoms with Crippen LogP contribution in [0.4, 0.5) is 0 Å². The predicted molar refractivity (Wildman–Crippen MR) is 137 cm³/mol. The van der Waals surface area contributed by atoms with Gasteiger partial charge in [-0.15, -0.1) is 5.10 Å². The molecule has 3 aromatic rings. The number of halogens is 1. The topological polar surface area (TPSA) is 70.2 Å². The number of amides is 1. The molecular weight excluding hydrogens is 468 g/mol. The summed E-state index contributed by atoms with van der Waals surface area (Å²) in [6.07, 6.45) is 4.09. The lowest BCUT2D eigenvalue weighted by molar-refractivity contribution is -0.116. The number of fused-ring (bicyclic) bond motifs is 2. The minimum absolute atomic E-state index is 0.181. The smallest absolute Gasteiger partial charge is 0.276 e. The number of unbranched alkanes of at least 4 members (excludes halogenated alkanes) is 3. The van der Waals surface area contributed by atoms with E-state index in [2.05, 4.69) is 12.2 Å². The van der Waals surface area contributed by atoms with Crippen LogP contribution in [0.5, 0.6) is 0 Å². The molecule has 34 heavy (non-hydrogen) atoms. The zero-order valence-corrected chi connectivity index (χ0v) is 20.4. The average molecular weight is 493 g/mol. The number of amidine groups is 1. The highest BCUT2D eigenvalue weighted by atomic mass is 35.5. The van der Waals surface area contributed by atoms with Gasteiger partial charge in [-0.3, -0.25) is 10.1 Å². The van der Waals surface area contributed by atoms with Gasteiger partial charge in [-0.25, -0.2) is 10.0 Å². The third kappa shape index (κ3) is 4.63. The summed E-state index contributed by atoms with van der Waals surface area (Å²) in [4.78, 5) is 18.1. The van der Waals surface area contributed by atoms with E-state index < -0.39 is 6.17 Å². The van der Waals surface area contributed by atoms with E-state index in [9.17, 15) is 4.79 Å². The molecule has 0 saturated carbocycles. The van der Waals surface area contributed by atoms with E-state index in [1.165, 1.54) is 19.3 Å². The van der Waals surface area contributed by atoms with Crippen LogP contribution in [0.1, 0.15) is 44.5 Å². The van der Waals surface area contributed by atoms with E-state index in [4.69, 9.17) is 26.1 Å². The first-order valence-electron chi connectivity index (χ1n) is 11.5. The highest BCUT2D eigenvalue weighted by molar-refractivity contribution is 8.13. The predicted octanol–water partition coefficient (Wildman–Crippen LogP) is 5.06. The number of hydrazone groups is 1. The van der Waals surface area contributed by atoms with Crippen molar-refractivity contribution in [2.24, 2.45) is 10.1 Å². The molecule has 2 aliphatic rings. The Kier molecular flexibility index (Phi) is 6.74. The highest BCUT2D eigenvalue weighted by Gasteiger charge is 2.35. The maximum Gasteiger partial charge on any atom is 0.276 e. The second kappa shape index (κ2) is 10.1. The van der Waals surface area contributed by atoms with Crippen molar-refractivity contribution in [2.45, 2.75) is 38.8 Å². The lowest BCUT2D eigenvalue weighted by Gasteiger charge is -2.32.